The molecular weight excluding hydrogens is 665 g/mol. The number of rotatable bonds is 11. The number of azo groups is 2. The summed E-state index contributed by atoms with van der Waals surface area (Å²) < 4.78 is 10.3. The number of anilines is 2. The third-order valence-corrected chi connectivity index (χ3v) is 8.13. The lowest BCUT2D eigenvalue weighted by Gasteiger charge is -2.06. The quantitative estimate of drug-likeness (QED) is 0.0501. The van der Waals surface area contributed by atoms with Crippen LogP contribution in [-0.2, 0) is 23.6 Å². The first-order valence-corrected chi connectivity index (χ1v) is 16.1. The Morgan fingerprint density at radius 1 is 0.792 bits per heavy atom. The summed E-state index contributed by atoms with van der Waals surface area (Å²) in [5.74, 6) is -0.422. The molecule has 0 aromatic carbocycles. The lowest BCUT2D eigenvalue weighted by Crippen LogP contribution is -2.09. The minimum absolute atomic E-state index is 0.0350. The number of methoxy groups -OCH3 is 1. The van der Waals surface area contributed by atoms with Gasteiger partial charge in [0.25, 0.3) is 0 Å². The van der Waals surface area contributed by atoms with Gasteiger partial charge in [0, 0.05) is 20.2 Å². The highest BCUT2D eigenvalue weighted by molar-refractivity contribution is 7.98. The molecule has 0 aliphatic carbocycles. The van der Waals surface area contributed by atoms with Crippen LogP contribution < -0.4 is 11.5 Å². The van der Waals surface area contributed by atoms with Crippen LogP contribution in [0.1, 0.15) is 32.1 Å². The van der Waals surface area contributed by atoms with Crippen molar-refractivity contribution in [3.05, 3.63) is 34.9 Å². The van der Waals surface area contributed by atoms with Gasteiger partial charge >= 0.3 is 5.97 Å². The molecule has 0 unspecified atom stereocenters. The molecule has 0 radical (unpaired) electrons. The minimum Gasteiger partial charge on any atom is -0.465 e. The predicted molar refractivity (Wildman–Crippen MR) is 175 cm³/mol. The summed E-state index contributed by atoms with van der Waals surface area (Å²) in [6.45, 7) is 3.35. The lowest BCUT2D eigenvalue weighted by molar-refractivity contribution is -0.104. The topological polar surface area (TPSA) is 259 Å². The third kappa shape index (κ3) is 5.92. The molecule has 5 heterocycles. The molecule has 0 spiro atoms. The molecule has 0 saturated heterocycles. The van der Waals surface area contributed by atoms with E-state index in [0.29, 0.717) is 21.4 Å². The van der Waals surface area contributed by atoms with Gasteiger partial charge in [0.2, 0.25) is 5.78 Å². The summed E-state index contributed by atoms with van der Waals surface area (Å²) in [6.07, 6.45) is 4.98. The standard InChI is InChI=1S/C26H28N16O4S2/c1-11-18(31-33-22-16(13(44)9-43)24(47-6)37-39(22)3)20(27)41(35-11)14-8-15(30-10-29-14)42-21(28)19(12(2)36-42)32-34-23-17(26(45)46-5)25(48-7)38-40(23)4/h8-10H,27-28H2,1-7H3. The van der Waals surface area contributed by atoms with Crippen molar-refractivity contribution in [2.75, 3.05) is 31.1 Å². The molecule has 0 bridgehead atoms. The van der Waals surface area contributed by atoms with Gasteiger partial charge in [-0.15, -0.1) is 44.0 Å². The summed E-state index contributed by atoms with van der Waals surface area (Å²) in [6, 6.07) is 1.54. The first-order chi connectivity index (χ1) is 22.9. The normalized spacial score (nSPS) is 11.6. The number of hydrogen-bond acceptors (Lipinski definition) is 18. The number of aromatic nitrogens is 10. The zero-order valence-electron chi connectivity index (χ0n) is 26.6. The number of thioether (sulfide) groups is 2. The number of carbonyl (C=O) groups excluding carboxylic acids is 3. The van der Waals surface area contributed by atoms with Gasteiger partial charge in [0.15, 0.2) is 52.6 Å². The third-order valence-electron chi connectivity index (χ3n) is 6.79. The van der Waals surface area contributed by atoms with Crippen LogP contribution in [0.15, 0.2) is 42.9 Å². The van der Waals surface area contributed by atoms with Crippen molar-refractivity contribution in [2.45, 2.75) is 23.9 Å². The maximum atomic E-state index is 12.4. The molecule has 5 aromatic heterocycles. The summed E-state index contributed by atoms with van der Waals surface area (Å²) >= 11 is 2.46. The average Bonchev–Trinajstić information content (AvgIpc) is 3.77. The van der Waals surface area contributed by atoms with E-state index in [1.807, 2.05) is 0 Å². The molecule has 0 fully saturated rings. The molecule has 248 valence electrons. The minimum atomic E-state index is -0.777. The zero-order chi connectivity index (χ0) is 34.9. The van der Waals surface area contributed by atoms with Crippen molar-refractivity contribution >= 4 is 76.2 Å². The summed E-state index contributed by atoms with van der Waals surface area (Å²) in [7, 11) is 4.47. The molecule has 20 nitrogen and oxygen atoms in total. The molecule has 0 atom stereocenters. The summed E-state index contributed by atoms with van der Waals surface area (Å²) in [5, 5.41) is 35.2. The fraction of sp³-hybridized carbons (Fsp3) is 0.269. The van der Waals surface area contributed by atoms with Gasteiger partial charge in [-0.05, 0) is 26.4 Å². The fourth-order valence-electron chi connectivity index (χ4n) is 4.49. The largest absolute Gasteiger partial charge is 0.465 e. The van der Waals surface area contributed by atoms with Crippen molar-refractivity contribution in [1.82, 2.24) is 49.1 Å². The molecule has 0 aliphatic rings. The molecule has 5 aromatic rings. The molecule has 0 aliphatic heterocycles. The first kappa shape index (κ1) is 33.6. The number of Topliss-reactive ketones (excluding diaryl/α,β-unsaturated/α-hetero) is 1. The highest BCUT2D eigenvalue weighted by Gasteiger charge is 2.25. The van der Waals surface area contributed by atoms with Crippen LogP contribution in [-0.4, -0.2) is 86.7 Å². The Hall–Kier alpha value is -5.77. The molecule has 0 saturated carbocycles. The van der Waals surface area contributed by atoms with E-state index in [1.54, 1.807) is 46.5 Å². The lowest BCUT2D eigenvalue weighted by atomic mass is 10.2. The Bertz CT molecular complexity index is 2140. The maximum absolute atomic E-state index is 12.4. The maximum Gasteiger partial charge on any atom is 0.344 e. The fourth-order valence-corrected chi connectivity index (χ4v) is 5.67. The van der Waals surface area contributed by atoms with E-state index in [9.17, 15) is 14.4 Å². The van der Waals surface area contributed by atoms with Crippen molar-refractivity contribution in [3.63, 3.8) is 0 Å². The van der Waals surface area contributed by atoms with Gasteiger partial charge in [-0.1, -0.05) is 0 Å². The van der Waals surface area contributed by atoms with Crippen molar-refractivity contribution in [1.29, 1.82) is 0 Å². The number of nitrogen functional groups attached to an aromatic ring is 2. The number of ketones is 1. The summed E-state index contributed by atoms with van der Waals surface area (Å²) in [5.41, 5.74) is 14.3. The average molecular weight is 693 g/mol. The van der Waals surface area contributed by atoms with Crippen LogP contribution in [0.4, 0.5) is 34.6 Å². The van der Waals surface area contributed by atoms with Gasteiger partial charge in [-0.3, -0.25) is 9.59 Å². The Morgan fingerprint density at radius 3 is 1.69 bits per heavy atom. The number of esters is 1. The SMILES string of the molecule is COC(=O)c1c(SC)nn(C)c1N=Nc1c(C)nn(-c2cc(-n3nc(C)c(N=Nc4c(C(=O)C=O)c(SC)nn4C)c3N)ncn2)c1N. The number of nitrogens with zero attached hydrogens (tertiary/aromatic N) is 14. The van der Waals surface area contributed by atoms with Crippen LogP contribution in [0.25, 0.3) is 11.6 Å². The monoisotopic (exact) mass is 692 g/mol. The van der Waals surface area contributed by atoms with E-state index in [1.165, 1.54) is 55.7 Å². The van der Waals surface area contributed by atoms with E-state index in [-0.39, 0.29) is 63.7 Å². The zero-order valence-corrected chi connectivity index (χ0v) is 28.2. The van der Waals surface area contributed by atoms with Gasteiger partial charge in [-0.25, -0.2) is 24.1 Å². The number of carbonyl (C=O) groups is 3. The first-order valence-electron chi connectivity index (χ1n) is 13.6. The molecular formula is C26H28N16O4S2. The number of aryl methyl sites for hydroxylation is 4. The summed E-state index contributed by atoms with van der Waals surface area (Å²) in [4.78, 5) is 44.6. The van der Waals surface area contributed by atoms with E-state index in [4.69, 9.17) is 16.2 Å². The van der Waals surface area contributed by atoms with Crippen LogP contribution in [0.5, 0.6) is 0 Å². The van der Waals surface area contributed by atoms with Crippen LogP contribution in [0.3, 0.4) is 0 Å². The van der Waals surface area contributed by atoms with Gasteiger partial charge < -0.3 is 16.2 Å². The van der Waals surface area contributed by atoms with E-state index in [2.05, 4.69) is 50.8 Å². The van der Waals surface area contributed by atoms with Crippen LogP contribution in [0.2, 0.25) is 0 Å². The van der Waals surface area contributed by atoms with Crippen LogP contribution in [0, 0.1) is 13.8 Å². The Kier molecular flexibility index (Phi) is 9.47. The number of nitrogens with two attached hydrogens (primary N) is 2. The van der Waals surface area contributed by atoms with Gasteiger partial charge in [-0.2, -0.15) is 29.8 Å². The molecule has 4 N–H and O–H groups in total. The van der Waals surface area contributed by atoms with Crippen LogP contribution >= 0.6 is 23.5 Å². The van der Waals surface area contributed by atoms with E-state index < -0.39 is 11.8 Å². The van der Waals surface area contributed by atoms with Gasteiger partial charge in [0.1, 0.15) is 27.5 Å². The predicted octanol–water partition coefficient (Wildman–Crippen LogP) is 3.54. The highest BCUT2D eigenvalue weighted by atomic mass is 32.2. The van der Waals surface area contributed by atoms with Crippen molar-refractivity contribution < 1.29 is 19.1 Å². The molecule has 5 rings (SSSR count). The second-order valence-corrected chi connectivity index (χ2v) is 11.3. The smallest absolute Gasteiger partial charge is 0.344 e. The molecule has 0 amide bonds. The molecule has 48 heavy (non-hydrogen) atoms. The van der Waals surface area contributed by atoms with E-state index >= 15 is 0 Å². The molecule has 22 heteroatoms. The van der Waals surface area contributed by atoms with Crippen molar-refractivity contribution in [3.8, 4) is 11.6 Å². The second-order valence-electron chi connectivity index (χ2n) is 9.73. The van der Waals surface area contributed by atoms with E-state index in [0.717, 1.165) is 0 Å². The van der Waals surface area contributed by atoms with Gasteiger partial charge in [0.05, 0.1) is 18.5 Å². The Balaban J connectivity index is 1.49. The van der Waals surface area contributed by atoms with Crippen molar-refractivity contribution in [2.24, 2.45) is 34.6 Å². The number of hydrogen-bond donors (Lipinski definition) is 2. The number of ether oxygens (including phenoxy) is 1. The second kappa shape index (κ2) is 13.5. The highest BCUT2D eigenvalue weighted by Crippen LogP contribution is 2.35. The Labute approximate surface area is 280 Å². The Morgan fingerprint density at radius 2 is 1.25 bits per heavy atom. The number of aldehydes is 1.